The first-order valence-corrected chi connectivity index (χ1v) is 6.26. The van der Waals surface area contributed by atoms with Gasteiger partial charge >= 0.3 is 0 Å². The van der Waals surface area contributed by atoms with Gasteiger partial charge in [0, 0.05) is 12.5 Å². The second kappa shape index (κ2) is 8.82. The molecule has 0 aromatic rings. The van der Waals surface area contributed by atoms with Gasteiger partial charge in [-0.1, -0.05) is 13.8 Å². The molecule has 1 saturated heterocycles. The average molecular weight is 249 g/mol. The van der Waals surface area contributed by atoms with Crippen LogP contribution in [0.3, 0.4) is 0 Å². The van der Waals surface area contributed by atoms with Crippen molar-refractivity contribution in [2.45, 2.75) is 39.5 Å². The van der Waals surface area contributed by atoms with Crippen LogP contribution in [0.25, 0.3) is 0 Å². The van der Waals surface area contributed by atoms with E-state index >= 15 is 0 Å². The fraction of sp³-hybridized carbons (Fsp3) is 0.917. The lowest BCUT2D eigenvalue weighted by Gasteiger charge is -2.14. The normalized spacial score (nSPS) is 19.6. The lowest BCUT2D eigenvalue weighted by molar-refractivity contribution is -0.125. The molecule has 2 N–H and O–H groups in total. The molecule has 0 spiro atoms. The highest BCUT2D eigenvalue weighted by atomic mass is 35.5. The minimum absolute atomic E-state index is 0. The fourth-order valence-corrected chi connectivity index (χ4v) is 2.16. The smallest absolute Gasteiger partial charge is 0.223 e. The number of halogens is 1. The van der Waals surface area contributed by atoms with E-state index in [9.17, 15) is 4.79 Å². The van der Waals surface area contributed by atoms with E-state index in [-0.39, 0.29) is 24.2 Å². The first kappa shape index (κ1) is 15.7. The van der Waals surface area contributed by atoms with E-state index < -0.39 is 0 Å². The first-order valence-electron chi connectivity index (χ1n) is 6.26. The van der Waals surface area contributed by atoms with Gasteiger partial charge in [0.25, 0.3) is 0 Å². The summed E-state index contributed by atoms with van der Waals surface area (Å²) in [6.45, 7) is 7.27. The van der Waals surface area contributed by atoms with Gasteiger partial charge in [0.05, 0.1) is 0 Å². The Morgan fingerprint density at radius 3 is 2.62 bits per heavy atom. The molecule has 1 fully saturated rings. The quantitative estimate of drug-likeness (QED) is 0.755. The Morgan fingerprint density at radius 1 is 1.44 bits per heavy atom. The Kier molecular flexibility index (Phi) is 8.67. The van der Waals surface area contributed by atoms with Crippen molar-refractivity contribution in [1.29, 1.82) is 0 Å². The molecule has 96 valence electrons. The minimum Gasteiger partial charge on any atom is -0.356 e. The average Bonchev–Trinajstić information content (AvgIpc) is 2.72. The van der Waals surface area contributed by atoms with Crippen LogP contribution < -0.4 is 10.6 Å². The van der Waals surface area contributed by atoms with Crippen molar-refractivity contribution >= 4 is 18.3 Å². The van der Waals surface area contributed by atoms with Gasteiger partial charge in [0.1, 0.15) is 0 Å². The molecule has 1 amide bonds. The van der Waals surface area contributed by atoms with E-state index in [2.05, 4.69) is 24.5 Å². The summed E-state index contributed by atoms with van der Waals surface area (Å²) in [7, 11) is 0. The van der Waals surface area contributed by atoms with Crippen LogP contribution in [-0.4, -0.2) is 25.5 Å². The van der Waals surface area contributed by atoms with Gasteiger partial charge in [-0.15, -0.1) is 12.4 Å². The molecule has 3 nitrogen and oxygen atoms in total. The van der Waals surface area contributed by atoms with E-state index in [1.807, 2.05) is 0 Å². The molecule has 1 atom stereocenters. The van der Waals surface area contributed by atoms with Crippen LogP contribution in [-0.2, 0) is 4.79 Å². The van der Waals surface area contributed by atoms with Crippen molar-refractivity contribution in [3.8, 4) is 0 Å². The third kappa shape index (κ3) is 5.17. The summed E-state index contributed by atoms with van der Waals surface area (Å²) in [5.74, 6) is 1.23. The molecule has 0 aliphatic carbocycles. The Hall–Kier alpha value is -0.280. The van der Waals surface area contributed by atoms with Crippen molar-refractivity contribution in [3.05, 3.63) is 0 Å². The highest BCUT2D eigenvalue weighted by Gasteiger charge is 2.16. The number of nitrogens with one attached hydrogen (secondary N) is 2. The number of hydrogen-bond acceptors (Lipinski definition) is 2. The molecule has 1 aliphatic rings. The Balaban J connectivity index is 0.00000225. The molecule has 1 unspecified atom stereocenters. The summed E-state index contributed by atoms with van der Waals surface area (Å²) in [5.41, 5.74) is 0. The van der Waals surface area contributed by atoms with E-state index in [0.717, 1.165) is 44.8 Å². The Morgan fingerprint density at radius 2 is 2.12 bits per heavy atom. The first-order chi connectivity index (χ1) is 7.27. The van der Waals surface area contributed by atoms with Gasteiger partial charge in [-0.3, -0.25) is 4.79 Å². The molecule has 0 aromatic heterocycles. The SMILES string of the molecule is CCC(CC)C(=O)NCCC1CCNC1.Cl. The maximum absolute atomic E-state index is 11.7. The molecule has 0 saturated carbocycles. The maximum atomic E-state index is 11.7. The van der Waals surface area contributed by atoms with Crippen LogP contribution in [0, 0.1) is 11.8 Å². The van der Waals surface area contributed by atoms with Gasteiger partial charge in [-0.2, -0.15) is 0 Å². The zero-order valence-corrected chi connectivity index (χ0v) is 11.2. The third-order valence-electron chi connectivity index (χ3n) is 3.37. The number of amides is 1. The highest BCUT2D eigenvalue weighted by molar-refractivity contribution is 5.85. The van der Waals surface area contributed by atoms with Crippen LogP contribution in [0.1, 0.15) is 39.5 Å². The maximum Gasteiger partial charge on any atom is 0.223 e. The molecule has 0 bridgehead atoms. The molecule has 4 heteroatoms. The monoisotopic (exact) mass is 248 g/mol. The van der Waals surface area contributed by atoms with Crippen LogP contribution in [0.4, 0.5) is 0 Å². The topological polar surface area (TPSA) is 41.1 Å². The van der Waals surface area contributed by atoms with E-state index in [1.165, 1.54) is 6.42 Å². The summed E-state index contributed by atoms with van der Waals surface area (Å²) >= 11 is 0. The summed E-state index contributed by atoms with van der Waals surface area (Å²) in [6.07, 6.45) is 4.29. The van der Waals surface area contributed by atoms with Crippen LogP contribution in [0.15, 0.2) is 0 Å². The molecule has 1 heterocycles. The van der Waals surface area contributed by atoms with Gasteiger partial charge in [0.15, 0.2) is 0 Å². The van der Waals surface area contributed by atoms with Crippen molar-refractivity contribution < 1.29 is 4.79 Å². The van der Waals surface area contributed by atoms with Gasteiger partial charge in [0.2, 0.25) is 5.91 Å². The minimum atomic E-state index is 0. The molecule has 0 radical (unpaired) electrons. The van der Waals surface area contributed by atoms with E-state index in [1.54, 1.807) is 0 Å². The largest absolute Gasteiger partial charge is 0.356 e. The molecule has 0 aromatic carbocycles. The number of carbonyl (C=O) groups excluding carboxylic acids is 1. The van der Waals surface area contributed by atoms with Crippen molar-refractivity contribution in [2.75, 3.05) is 19.6 Å². The molecule has 1 aliphatic heterocycles. The number of hydrogen-bond donors (Lipinski definition) is 2. The molecule has 16 heavy (non-hydrogen) atoms. The lowest BCUT2D eigenvalue weighted by atomic mass is 10.0. The molecule has 1 rings (SSSR count). The zero-order chi connectivity index (χ0) is 11.1. The van der Waals surface area contributed by atoms with Crippen LogP contribution >= 0.6 is 12.4 Å². The number of carbonyl (C=O) groups is 1. The van der Waals surface area contributed by atoms with Crippen molar-refractivity contribution in [2.24, 2.45) is 11.8 Å². The van der Waals surface area contributed by atoms with Gasteiger partial charge in [-0.25, -0.2) is 0 Å². The summed E-state index contributed by atoms with van der Waals surface area (Å²) < 4.78 is 0. The summed E-state index contributed by atoms with van der Waals surface area (Å²) in [5, 5.41) is 6.39. The van der Waals surface area contributed by atoms with Crippen LogP contribution in [0.2, 0.25) is 0 Å². The summed E-state index contributed by atoms with van der Waals surface area (Å²) in [6, 6.07) is 0. The lowest BCUT2D eigenvalue weighted by Crippen LogP contribution is -2.31. The fourth-order valence-electron chi connectivity index (χ4n) is 2.16. The van der Waals surface area contributed by atoms with Gasteiger partial charge < -0.3 is 10.6 Å². The second-order valence-electron chi connectivity index (χ2n) is 4.45. The summed E-state index contributed by atoms with van der Waals surface area (Å²) in [4.78, 5) is 11.7. The van der Waals surface area contributed by atoms with E-state index in [0.29, 0.717) is 0 Å². The Labute approximate surface area is 105 Å². The predicted octanol–water partition coefficient (Wildman–Crippen LogP) is 1.96. The van der Waals surface area contributed by atoms with Gasteiger partial charge in [-0.05, 0) is 44.7 Å². The van der Waals surface area contributed by atoms with Crippen molar-refractivity contribution in [1.82, 2.24) is 10.6 Å². The van der Waals surface area contributed by atoms with E-state index in [4.69, 9.17) is 0 Å². The molecular weight excluding hydrogens is 224 g/mol. The number of rotatable bonds is 6. The predicted molar refractivity (Wildman–Crippen MR) is 69.9 cm³/mol. The third-order valence-corrected chi connectivity index (χ3v) is 3.37. The standard InChI is InChI=1S/C12H24N2O.ClH/c1-3-11(4-2)12(15)14-8-6-10-5-7-13-9-10;/h10-11,13H,3-9H2,1-2H3,(H,14,15);1H. The highest BCUT2D eigenvalue weighted by Crippen LogP contribution is 2.11. The van der Waals surface area contributed by atoms with Crippen LogP contribution in [0.5, 0.6) is 0 Å². The Bertz CT molecular complexity index is 189. The second-order valence-corrected chi connectivity index (χ2v) is 4.45. The zero-order valence-electron chi connectivity index (χ0n) is 10.4. The molecular formula is C12H25ClN2O. The van der Waals surface area contributed by atoms with Crippen molar-refractivity contribution in [3.63, 3.8) is 0 Å².